The van der Waals surface area contributed by atoms with E-state index in [-0.39, 0.29) is 0 Å². The van der Waals surface area contributed by atoms with Gasteiger partial charge in [-0.25, -0.2) is 4.98 Å². The zero-order valence-corrected chi connectivity index (χ0v) is 17.1. The van der Waals surface area contributed by atoms with E-state index in [1.165, 1.54) is 51.8 Å². The Bertz CT molecular complexity index is 1240. The van der Waals surface area contributed by atoms with Crippen molar-refractivity contribution in [1.29, 1.82) is 0 Å². The van der Waals surface area contributed by atoms with E-state index in [1.54, 1.807) is 0 Å². The summed E-state index contributed by atoms with van der Waals surface area (Å²) in [5.74, 6) is 1.62. The quantitative estimate of drug-likeness (QED) is 0.402. The molecule has 0 atom stereocenters. The molecule has 0 saturated heterocycles. The van der Waals surface area contributed by atoms with Crippen LogP contribution in [-0.2, 0) is 12.8 Å². The topological polar surface area (TPSA) is 31.4 Å². The average molecular weight is 400 g/mol. The lowest BCUT2D eigenvalue weighted by Crippen LogP contribution is -2.15. The predicted molar refractivity (Wildman–Crippen MR) is 118 cm³/mol. The van der Waals surface area contributed by atoms with Crippen molar-refractivity contribution in [2.75, 3.05) is 13.2 Å². The number of pyridine rings is 1. The van der Waals surface area contributed by atoms with Gasteiger partial charge >= 0.3 is 0 Å². The monoisotopic (exact) mass is 399 g/mol. The number of rotatable bonds is 2. The van der Waals surface area contributed by atoms with Gasteiger partial charge in [-0.3, -0.25) is 0 Å². The van der Waals surface area contributed by atoms with E-state index in [1.807, 2.05) is 17.4 Å². The van der Waals surface area contributed by atoms with Gasteiger partial charge < -0.3 is 9.47 Å². The van der Waals surface area contributed by atoms with Crippen LogP contribution < -0.4 is 9.47 Å². The van der Waals surface area contributed by atoms with Crippen molar-refractivity contribution in [2.45, 2.75) is 26.2 Å². The maximum Gasteiger partial charge on any atom is 0.162 e. The summed E-state index contributed by atoms with van der Waals surface area (Å²) >= 11 is 1.87. The highest BCUT2D eigenvalue weighted by atomic mass is 32.1. The first-order valence-corrected chi connectivity index (χ1v) is 11.0. The fourth-order valence-corrected chi connectivity index (χ4v) is 5.69. The highest BCUT2D eigenvalue weighted by molar-refractivity contribution is 7.19. The van der Waals surface area contributed by atoms with Gasteiger partial charge in [-0.15, -0.1) is 11.3 Å². The van der Waals surface area contributed by atoms with Gasteiger partial charge in [-0.2, -0.15) is 0 Å². The van der Waals surface area contributed by atoms with E-state index in [0.29, 0.717) is 13.2 Å². The van der Waals surface area contributed by atoms with Gasteiger partial charge in [0.2, 0.25) is 0 Å². The van der Waals surface area contributed by atoms with Gasteiger partial charge in [0.05, 0.1) is 5.69 Å². The van der Waals surface area contributed by atoms with Crippen LogP contribution in [0.1, 0.15) is 22.4 Å². The molecule has 3 heterocycles. The Morgan fingerprint density at radius 1 is 0.862 bits per heavy atom. The molecule has 0 amide bonds. The molecule has 6 rings (SSSR count). The van der Waals surface area contributed by atoms with E-state index >= 15 is 0 Å². The maximum atomic E-state index is 5.80. The van der Waals surface area contributed by atoms with E-state index < -0.39 is 0 Å². The largest absolute Gasteiger partial charge is 0.486 e. The second-order valence-corrected chi connectivity index (χ2v) is 8.90. The number of fused-ring (bicyclic) bond motifs is 4. The van der Waals surface area contributed by atoms with Crippen LogP contribution in [0.4, 0.5) is 0 Å². The third-order valence-electron chi connectivity index (χ3n) is 5.88. The number of hydrogen-bond acceptors (Lipinski definition) is 4. The Hall–Kier alpha value is -2.85. The molecule has 29 heavy (non-hydrogen) atoms. The van der Waals surface area contributed by atoms with Crippen LogP contribution in [0.25, 0.3) is 32.6 Å². The Kier molecular flexibility index (Phi) is 3.88. The van der Waals surface area contributed by atoms with Crippen LogP contribution in [0.5, 0.6) is 11.5 Å². The van der Waals surface area contributed by atoms with Crippen LogP contribution >= 0.6 is 11.3 Å². The fraction of sp³-hybridized carbons (Fsp3) is 0.240. The summed E-state index contributed by atoms with van der Waals surface area (Å²) in [6.07, 6.45) is 3.61. The lowest BCUT2D eigenvalue weighted by atomic mass is 9.97. The normalized spacial score (nSPS) is 14.9. The van der Waals surface area contributed by atoms with Gasteiger partial charge in [-0.1, -0.05) is 29.8 Å². The second kappa shape index (κ2) is 6.60. The van der Waals surface area contributed by atoms with Crippen molar-refractivity contribution in [1.82, 2.24) is 4.98 Å². The molecule has 3 nitrogen and oxygen atoms in total. The van der Waals surface area contributed by atoms with Crippen LogP contribution in [0.2, 0.25) is 0 Å². The molecule has 1 aliphatic heterocycles. The Balaban J connectivity index is 1.58. The Labute approximate surface area is 173 Å². The highest BCUT2D eigenvalue weighted by Gasteiger charge is 2.23. The van der Waals surface area contributed by atoms with Crippen molar-refractivity contribution in [2.24, 2.45) is 0 Å². The number of nitrogens with zero attached hydrogens (tertiary/aromatic N) is 1. The Morgan fingerprint density at radius 2 is 1.66 bits per heavy atom. The first-order chi connectivity index (χ1) is 14.3. The number of ether oxygens (including phenoxy) is 2. The molecule has 0 fully saturated rings. The molecule has 0 radical (unpaired) electrons. The minimum atomic E-state index is 0.592. The number of aryl methyl sites for hydroxylation is 3. The van der Waals surface area contributed by atoms with Crippen molar-refractivity contribution >= 4 is 21.6 Å². The molecule has 0 spiro atoms. The average Bonchev–Trinajstić information content (AvgIpc) is 3.34. The number of aromatic nitrogens is 1. The molecule has 0 unspecified atom stereocenters. The minimum absolute atomic E-state index is 0.592. The summed E-state index contributed by atoms with van der Waals surface area (Å²) in [5, 5.41) is 1.35. The molecule has 4 heteroatoms. The Morgan fingerprint density at radius 3 is 2.52 bits per heavy atom. The molecule has 2 aliphatic rings. The van der Waals surface area contributed by atoms with Crippen LogP contribution in [0.3, 0.4) is 0 Å². The minimum Gasteiger partial charge on any atom is -0.486 e. The molecule has 0 bridgehead atoms. The van der Waals surface area contributed by atoms with Crippen LogP contribution in [-0.4, -0.2) is 18.2 Å². The summed E-state index contributed by atoms with van der Waals surface area (Å²) in [6, 6.07) is 17.2. The van der Waals surface area contributed by atoms with Gasteiger partial charge in [0.25, 0.3) is 0 Å². The highest BCUT2D eigenvalue weighted by Crippen LogP contribution is 2.44. The van der Waals surface area contributed by atoms with Crippen LogP contribution in [0.15, 0.2) is 48.5 Å². The van der Waals surface area contributed by atoms with E-state index in [4.69, 9.17) is 14.5 Å². The predicted octanol–water partition coefficient (Wildman–Crippen LogP) is 6.20. The first kappa shape index (κ1) is 17.0. The SMILES string of the molecule is Cc1ccc(-c2cc(-c3ccc4c(c3)OCCO4)nc3sc4c(c23)CCC4)cc1. The van der Waals surface area contributed by atoms with Crippen molar-refractivity contribution in [3.05, 3.63) is 64.5 Å². The third-order valence-corrected chi connectivity index (χ3v) is 7.06. The molecule has 4 aromatic rings. The van der Waals surface area contributed by atoms with Crippen molar-refractivity contribution < 1.29 is 9.47 Å². The first-order valence-electron chi connectivity index (χ1n) is 10.2. The van der Waals surface area contributed by atoms with Gasteiger partial charge in [0.15, 0.2) is 11.5 Å². The molecule has 1 aliphatic carbocycles. The van der Waals surface area contributed by atoms with E-state index in [9.17, 15) is 0 Å². The zero-order valence-electron chi connectivity index (χ0n) is 16.3. The number of thiophene rings is 1. The second-order valence-electron chi connectivity index (χ2n) is 7.82. The van der Waals surface area contributed by atoms with E-state index in [0.717, 1.165) is 27.6 Å². The van der Waals surface area contributed by atoms with Gasteiger partial charge in [-0.05, 0) is 67.1 Å². The standard InChI is InChI=1S/C25H21NO2S/c1-15-5-7-16(8-6-15)19-14-20(17-9-10-21-22(13-17)28-12-11-27-21)26-25-24(19)18-3-2-4-23(18)29-25/h5-10,13-14H,2-4,11-12H2,1H3. The lowest BCUT2D eigenvalue weighted by Gasteiger charge is -2.19. The molecular formula is C25H21NO2S. The molecule has 2 aromatic carbocycles. The van der Waals surface area contributed by atoms with E-state index in [2.05, 4.69) is 49.4 Å². The molecule has 144 valence electrons. The summed E-state index contributed by atoms with van der Waals surface area (Å²) in [5.41, 5.74) is 7.40. The summed E-state index contributed by atoms with van der Waals surface area (Å²) < 4.78 is 11.5. The zero-order chi connectivity index (χ0) is 19.4. The molecule has 2 aromatic heterocycles. The fourth-order valence-electron chi connectivity index (χ4n) is 4.41. The summed E-state index contributed by atoms with van der Waals surface area (Å²) in [4.78, 5) is 7.75. The molecular weight excluding hydrogens is 378 g/mol. The summed E-state index contributed by atoms with van der Waals surface area (Å²) in [7, 11) is 0. The third kappa shape index (κ3) is 2.82. The van der Waals surface area contributed by atoms with Gasteiger partial charge in [0.1, 0.15) is 18.0 Å². The summed E-state index contributed by atoms with van der Waals surface area (Å²) in [6.45, 7) is 3.33. The number of benzene rings is 2. The number of hydrogen-bond donors (Lipinski definition) is 0. The molecule has 0 saturated carbocycles. The lowest BCUT2D eigenvalue weighted by molar-refractivity contribution is 0.171. The van der Waals surface area contributed by atoms with Crippen LogP contribution in [0, 0.1) is 6.92 Å². The smallest absolute Gasteiger partial charge is 0.162 e. The van der Waals surface area contributed by atoms with Crippen molar-refractivity contribution in [3.63, 3.8) is 0 Å². The van der Waals surface area contributed by atoms with Gasteiger partial charge in [0, 0.05) is 15.8 Å². The maximum absolute atomic E-state index is 5.80. The van der Waals surface area contributed by atoms with Crippen molar-refractivity contribution in [3.8, 4) is 33.9 Å². The molecule has 0 N–H and O–H groups in total.